The molecular formula is C18H18Cl2N4O. The number of allylic oxidation sites excluding steroid dienone is 1. The van der Waals surface area contributed by atoms with Gasteiger partial charge < -0.3 is 10.4 Å². The number of aliphatic hydroxyl groups is 1. The maximum atomic E-state index is 10.2. The second-order valence-corrected chi connectivity index (χ2v) is 7.28. The van der Waals surface area contributed by atoms with Gasteiger partial charge in [0.05, 0.1) is 21.7 Å². The fourth-order valence-electron chi connectivity index (χ4n) is 2.62. The van der Waals surface area contributed by atoms with E-state index in [4.69, 9.17) is 28.6 Å². The van der Waals surface area contributed by atoms with Crippen LogP contribution in [0.2, 0.25) is 5.02 Å². The zero-order valence-electron chi connectivity index (χ0n) is 13.8. The monoisotopic (exact) mass is 376 g/mol. The van der Waals surface area contributed by atoms with Gasteiger partial charge in [-0.3, -0.25) is 10.4 Å². The molecule has 0 bridgehead atoms. The number of nitrogens with zero attached hydrogens (tertiary/aromatic N) is 2. The Morgan fingerprint density at radius 3 is 2.88 bits per heavy atom. The molecule has 1 aliphatic rings. The van der Waals surface area contributed by atoms with E-state index < -0.39 is 5.60 Å². The van der Waals surface area contributed by atoms with Gasteiger partial charge in [-0.25, -0.2) is 4.99 Å². The number of fused-ring (bicyclic) bond motifs is 1. The lowest BCUT2D eigenvalue weighted by Gasteiger charge is -2.17. The molecule has 0 spiro atoms. The van der Waals surface area contributed by atoms with E-state index in [-0.39, 0.29) is 11.3 Å². The molecule has 1 aromatic heterocycles. The molecule has 0 aliphatic carbocycles. The summed E-state index contributed by atoms with van der Waals surface area (Å²) in [6, 6.07) is 5.78. The number of benzene rings is 1. The van der Waals surface area contributed by atoms with Gasteiger partial charge in [0, 0.05) is 24.2 Å². The van der Waals surface area contributed by atoms with Crippen molar-refractivity contribution in [2.45, 2.75) is 31.4 Å². The summed E-state index contributed by atoms with van der Waals surface area (Å²) in [6.07, 6.45) is 5.38. The lowest BCUT2D eigenvalue weighted by molar-refractivity contribution is 0.134. The Hall–Kier alpha value is -1.95. The number of hydrogen-bond donors (Lipinski definition) is 3. The number of hydrogen-bond acceptors (Lipinski definition) is 4. The molecule has 2 aromatic rings. The van der Waals surface area contributed by atoms with Gasteiger partial charge >= 0.3 is 0 Å². The van der Waals surface area contributed by atoms with Gasteiger partial charge in [-0.15, -0.1) is 0 Å². The van der Waals surface area contributed by atoms with Crippen LogP contribution in [-0.2, 0) is 0 Å². The molecule has 2 heterocycles. The molecule has 2 unspecified atom stereocenters. The van der Waals surface area contributed by atoms with Crippen LogP contribution in [0.5, 0.6) is 0 Å². The molecule has 130 valence electrons. The highest BCUT2D eigenvalue weighted by Gasteiger charge is 2.26. The first-order valence-electron chi connectivity index (χ1n) is 7.83. The van der Waals surface area contributed by atoms with Crippen LogP contribution in [0.3, 0.4) is 0 Å². The largest absolute Gasteiger partial charge is 0.382 e. The van der Waals surface area contributed by atoms with Crippen LogP contribution >= 0.6 is 23.2 Å². The van der Waals surface area contributed by atoms with Crippen LogP contribution in [0.25, 0.3) is 16.5 Å². The number of halogens is 2. The van der Waals surface area contributed by atoms with Gasteiger partial charge in [-0.1, -0.05) is 35.3 Å². The van der Waals surface area contributed by atoms with Gasteiger partial charge in [0.2, 0.25) is 0 Å². The third-order valence-corrected chi connectivity index (χ3v) is 4.46. The molecular weight excluding hydrogens is 359 g/mol. The Morgan fingerprint density at radius 2 is 2.16 bits per heavy atom. The van der Waals surface area contributed by atoms with E-state index in [9.17, 15) is 5.11 Å². The Kier molecular flexibility index (Phi) is 4.82. The fraction of sp³-hybridized carbons (Fsp3) is 0.278. The summed E-state index contributed by atoms with van der Waals surface area (Å²) in [5, 5.41) is 22.5. The van der Waals surface area contributed by atoms with Crippen LogP contribution in [0, 0.1) is 5.41 Å². The topological polar surface area (TPSA) is 81.4 Å². The van der Waals surface area contributed by atoms with E-state index in [0.717, 1.165) is 27.7 Å². The lowest BCUT2D eigenvalue weighted by Crippen LogP contribution is -2.31. The molecule has 1 aromatic carbocycles. The summed E-state index contributed by atoms with van der Waals surface area (Å²) >= 11 is 12.4. The van der Waals surface area contributed by atoms with Crippen LogP contribution in [0.4, 0.5) is 5.69 Å². The minimum absolute atomic E-state index is 0.0532. The smallest absolute Gasteiger partial charge is 0.152 e. The molecule has 0 saturated carbocycles. The summed E-state index contributed by atoms with van der Waals surface area (Å²) in [7, 11) is 0. The van der Waals surface area contributed by atoms with E-state index >= 15 is 0 Å². The maximum absolute atomic E-state index is 10.2. The number of aromatic nitrogens is 1. The van der Waals surface area contributed by atoms with Crippen molar-refractivity contribution < 1.29 is 5.11 Å². The molecule has 0 saturated heterocycles. The highest BCUT2D eigenvalue weighted by Crippen LogP contribution is 2.33. The predicted octanol–water partition coefficient (Wildman–Crippen LogP) is 4.47. The van der Waals surface area contributed by atoms with Gasteiger partial charge in [-0.2, -0.15) is 0 Å². The summed E-state index contributed by atoms with van der Waals surface area (Å²) in [5.41, 5.74) is 1.69. The van der Waals surface area contributed by atoms with Crippen molar-refractivity contribution >= 4 is 57.4 Å². The van der Waals surface area contributed by atoms with E-state index in [2.05, 4.69) is 15.3 Å². The normalized spacial score (nSPS) is 21.8. The van der Waals surface area contributed by atoms with Crippen molar-refractivity contribution in [1.29, 1.82) is 5.41 Å². The molecule has 0 amide bonds. The first-order valence-corrected chi connectivity index (χ1v) is 8.64. The molecule has 3 N–H and O–H groups in total. The van der Waals surface area contributed by atoms with Gasteiger partial charge in [0.15, 0.2) is 5.84 Å². The number of nitrogens with one attached hydrogen (secondary N) is 2. The minimum atomic E-state index is -1.26. The third-order valence-electron chi connectivity index (χ3n) is 4.06. The Morgan fingerprint density at radius 1 is 1.40 bits per heavy atom. The van der Waals surface area contributed by atoms with Crippen molar-refractivity contribution in [2.75, 3.05) is 5.32 Å². The molecule has 25 heavy (non-hydrogen) atoms. The standard InChI is InChI=1S/C18H18Cl2N4O/c1-10(19)24-16-13-7-11(3-4-15(13)22-9-14(16)20)12-5-6-18(2,25)17(21)23-8-12/h3-5,7-10,21,25H,6H2,1-2H3,(H,22,24). The molecule has 5 nitrogen and oxygen atoms in total. The summed E-state index contributed by atoms with van der Waals surface area (Å²) in [4.78, 5) is 8.41. The van der Waals surface area contributed by atoms with Gasteiger partial charge in [0.1, 0.15) is 5.60 Å². The Balaban J connectivity index is 2.11. The van der Waals surface area contributed by atoms with Crippen molar-refractivity contribution in [3.63, 3.8) is 0 Å². The SMILES string of the molecule is CC(Cl)Nc1c(Cl)cnc2ccc(C3=CCC(C)(O)C(=N)N=C3)cc12. The summed E-state index contributed by atoms with van der Waals surface area (Å²) in [5.74, 6) is -0.0532. The van der Waals surface area contributed by atoms with Crippen molar-refractivity contribution in [3.05, 3.63) is 41.1 Å². The molecule has 0 fully saturated rings. The number of pyridine rings is 1. The summed E-state index contributed by atoms with van der Waals surface area (Å²) in [6.45, 7) is 3.41. The van der Waals surface area contributed by atoms with E-state index in [1.54, 1.807) is 19.3 Å². The predicted molar refractivity (Wildman–Crippen MR) is 105 cm³/mol. The second-order valence-electron chi connectivity index (χ2n) is 6.22. The summed E-state index contributed by atoms with van der Waals surface area (Å²) < 4.78 is 0. The highest BCUT2D eigenvalue weighted by atomic mass is 35.5. The van der Waals surface area contributed by atoms with E-state index in [1.807, 2.05) is 31.2 Å². The number of rotatable bonds is 3. The molecule has 2 atom stereocenters. The van der Waals surface area contributed by atoms with Crippen molar-refractivity contribution in [3.8, 4) is 0 Å². The number of alkyl halides is 1. The van der Waals surface area contributed by atoms with E-state index in [0.29, 0.717) is 11.4 Å². The first-order chi connectivity index (χ1) is 11.8. The van der Waals surface area contributed by atoms with Gasteiger partial charge in [0.25, 0.3) is 0 Å². The average molecular weight is 377 g/mol. The van der Waals surface area contributed by atoms with Crippen LogP contribution in [0.15, 0.2) is 35.5 Å². The molecule has 3 rings (SSSR count). The first kappa shape index (κ1) is 17.9. The highest BCUT2D eigenvalue weighted by molar-refractivity contribution is 6.35. The number of aliphatic imine (C=N–C) groups is 1. The zero-order chi connectivity index (χ0) is 18.2. The minimum Gasteiger partial charge on any atom is -0.382 e. The number of anilines is 1. The molecule has 1 aliphatic heterocycles. The van der Waals surface area contributed by atoms with Crippen molar-refractivity contribution in [1.82, 2.24) is 4.98 Å². The molecule has 7 heteroatoms. The lowest BCUT2D eigenvalue weighted by atomic mass is 9.98. The van der Waals surface area contributed by atoms with Crippen molar-refractivity contribution in [2.24, 2.45) is 4.99 Å². The van der Waals surface area contributed by atoms with Crippen LogP contribution in [0.1, 0.15) is 25.8 Å². The van der Waals surface area contributed by atoms with E-state index in [1.165, 1.54) is 0 Å². The number of amidine groups is 1. The zero-order valence-corrected chi connectivity index (χ0v) is 15.4. The average Bonchev–Trinajstić information content (AvgIpc) is 2.69. The second kappa shape index (κ2) is 6.75. The molecule has 0 radical (unpaired) electrons. The van der Waals surface area contributed by atoms with Gasteiger partial charge in [-0.05, 0) is 37.1 Å². The van der Waals surface area contributed by atoms with Crippen LogP contribution < -0.4 is 5.32 Å². The fourth-order valence-corrected chi connectivity index (χ4v) is 2.93. The quantitative estimate of drug-likeness (QED) is 0.545. The Labute approximate surface area is 155 Å². The Bertz CT molecular complexity index is 903. The maximum Gasteiger partial charge on any atom is 0.152 e. The third kappa shape index (κ3) is 3.68. The van der Waals surface area contributed by atoms with Crippen LogP contribution in [-0.4, -0.2) is 33.2 Å².